The number of fused-ring (bicyclic) bond motifs is 3. The molecule has 6 atom stereocenters. The highest BCUT2D eigenvalue weighted by Crippen LogP contribution is 2.33. The second kappa shape index (κ2) is 16.3. The number of carbonyl (C=O) groups excluding carboxylic acids is 5. The number of pyridine rings is 1. The van der Waals surface area contributed by atoms with Crippen LogP contribution < -0.4 is 0 Å². The first-order chi connectivity index (χ1) is 22.0. The molecule has 0 N–H and O–H groups in total. The Morgan fingerprint density at radius 2 is 1.87 bits per heavy atom. The second-order valence-corrected chi connectivity index (χ2v) is 13.1. The summed E-state index contributed by atoms with van der Waals surface area (Å²) in [6, 6.07) is 2.91. The zero-order valence-corrected chi connectivity index (χ0v) is 27.4. The van der Waals surface area contributed by atoms with E-state index in [1.165, 1.54) is 11.8 Å². The van der Waals surface area contributed by atoms with Crippen molar-refractivity contribution in [2.24, 2.45) is 11.8 Å². The molecule has 4 unspecified atom stereocenters. The molecule has 2 fully saturated rings. The molecule has 2 bridgehead atoms. The number of Topliss-reactive ketones (excluding diaryl/α,β-unsaturated/α-hetero) is 2. The van der Waals surface area contributed by atoms with Crippen LogP contribution in [0.25, 0.3) is 0 Å². The Bertz CT molecular complexity index is 1310. The monoisotopic (exact) mass is 636 g/mol. The molecule has 1 aromatic rings. The van der Waals surface area contributed by atoms with E-state index < -0.39 is 47.5 Å². The van der Waals surface area contributed by atoms with Gasteiger partial charge in [-0.2, -0.15) is 0 Å². The van der Waals surface area contributed by atoms with Gasteiger partial charge in [0.1, 0.15) is 17.7 Å². The third kappa shape index (κ3) is 8.99. The normalized spacial score (nSPS) is 30.8. The average Bonchev–Trinajstić information content (AvgIpc) is 3.47. The average molecular weight is 637 g/mol. The maximum Gasteiger partial charge on any atom is 0.335 e. The first kappa shape index (κ1) is 35.2. The number of ketones is 2. The zero-order chi connectivity index (χ0) is 33.3. The van der Waals surface area contributed by atoms with E-state index in [2.05, 4.69) is 11.6 Å². The predicted molar refractivity (Wildman–Crippen MR) is 170 cm³/mol. The second-order valence-electron chi connectivity index (χ2n) is 13.1. The van der Waals surface area contributed by atoms with Gasteiger partial charge >= 0.3 is 11.9 Å². The molecule has 0 saturated carbocycles. The number of esters is 2. The van der Waals surface area contributed by atoms with Crippen molar-refractivity contribution in [1.82, 2.24) is 9.88 Å². The molecule has 4 heterocycles. The third-order valence-electron chi connectivity index (χ3n) is 9.45. The molecule has 1 aromatic heterocycles. The summed E-state index contributed by atoms with van der Waals surface area (Å²) in [4.78, 5) is 72.7. The van der Waals surface area contributed by atoms with Gasteiger partial charge in [-0.3, -0.25) is 19.4 Å². The van der Waals surface area contributed by atoms with Crippen LogP contribution in [0.15, 0.2) is 48.8 Å². The van der Waals surface area contributed by atoms with Gasteiger partial charge in [0.25, 0.3) is 11.7 Å². The van der Waals surface area contributed by atoms with Gasteiger partial charge in [-0.15, -0.1) is 6.58 Å². The van der Waals surface area contributed by atoms with Crippen LogP contribution in [0, 0.1) is 11.8 Å². The minimum absolute atomic E-state index is 0.0000261. The van der Waals surface area contributed by atoms with Crippen LogP contribution in [0.5, 0.6) is 0 Å². The molecule has 0 spiro atoms. The molecule has 250 valence electrons. The highest BCUT2D eigenvalue weighted by atomic mass is 16.6. The minimum atomic E-state index is -1.50. The molecular formula is C36H48N2O8. The number of allylic oxidation sites excluding steroid dienone is 3. The summed E-state index contributed by atoms with van der Waals surface area (Å²) < 4.78 is 17.5. The molecule has 2 saturated heterocycles. The van der Waals surface area contributed by atoms with E-state index in [-0.39, 0.29) is 50.0 Å². The maximum absolute atomic E-state index is 13.8. The van der Waals surface area contributed by atoms with E-state index >= 15 is 0 Å². The summed E-state index contributed by atoms with van der Waals surface area (Å²) in [6.07, 6.45) is 10.6. The van der Waals surface area contributed by atoms with Crippen LogP contribution in [-0.4, -0.2) is 76.3 Å². The maximum atomic E-state index is 13.8. The van der Waals surface area contributed by atoms with Crippen molar-refractivity contribution in [2.45, 2.75) is 115 Å². The molecule has 10 heteroatoms. The number of aryl methyl sites for hydroxylation is 1. The van der Waals surface area contributed by atoms with E-state index in [4.69, 9.17) is 14.2 Å². The fourth-order valence-corrected chi connectivity index (χ4v) is 6.49. The van der Waals surface area contributed by atoms with Gasteiger partial charge in [0, 0.05) is 25.4 Å². The predicted octanol–water partition coefficient (Wildman–Crippen LogP) is 4.88. The topological polar surface area (TPSA) is 129 Å². The van der Waals surface area contributed by atoms with Crippen molar-refractivity contribution in [3.63, 3.8) is 0 Å². The lowest BCUT2D eigenvalue weighted by Crippen LogP contribution is -2.55. The van der Waals surface area contributed by atoms with Crippen molar-refractivity contribution in [3.8, 4) is 0 Å². The lowest BCUT2D eigenvalue weighted by Gasteiger charge is -2.36. The van der Waals surface area contributed by atoms with E-state index in [1.54, 1.807) is 18.5 Å². The number of piperidine rings is 1. The molecule has 0 radical (unpaired) electrons. The zero-order valence-electron chi connectivity index (χ0n) is 27.4. The fraction of sp³-hybridized carbons (Fsp3) is 0.611. The smallest absolute Gasteiger partial charge is 0.335 e. The molecule has 0 aromatic carbocycles. The first-order valence-corrected chi connectivity index (χ1v) is 16.7. The van der Waals surface area contributed by atoms with Crippen LogP contribution in [0.1, 0.15) is 90.5 Å². The fourth-order valence-electron chi connectivity index (χ4n) is 6.49. The van der Waals surface area contributed by atoms with E-state index in [0.717, 1.165) is 5.56 Å². The number of hydrogen-bond donors (Lipinski definition) is 0. The van der Waals surface area contributed by atoms with Crippen molar-refractivity contribution < 1.29 is 38.2 Å². The third-order valence-corrected chi connectivity index (χ3v) is 9.45. The van der Waals surface area contributed by atoms with Gasteiger partial charge < -0.3 is 19.1 Å². The summed E-state index contributed by atoms with van der Waals surface area (Å²) in [5.74, 6) is -2.91. The van der Waals surface area contributed by atoms with Crippen molar-refractivity contribution in [3.05, 3.63) is 54.4 Å². The van der Waals surface area contributed by atoms with Gasteiger partial charge in [-0.05, 0) is 100 Å². The Kier molecular flexibility index (Phi) is 12.4. The lowest BCUT2D eigenvalue weighted by molar-refractivity contribution is -0.171. The number of ether oxygens (including phenoxy) is 3. The Hall–Kier alpha value is -3.66. The SMILES string of the molecule is C=CCC1=CC(C)CCOC(=O)C2CC[C@@](C)(O2)C(=O)C(=O)N2CCCC[C@H]2C(=O)OC(CCc2cccnc2)C(C)CCC1=O. The molecule has 4 rings (SSSR count). The van der Waals surface area contributed by atoms with E-state index in [0.29, 0.717) is 56.9 Å². The number of carbonyl (C=O) groups is 5. The van der Waals surface area contributed by atoms with Gasteiger partial charge in [-0.1, -0.05) is 32.1 Å². The molecule has 1 amide bonds. The van der Waals surface area contributed by atoms with Gasteiger partial charge in [0.15, 0.2) is 11.9 Å². The Morgan fingerprint density at radius 3 is 2.61 bits per heavy atom. The van der Waals surface area contributed by atoms with Gasteiger partial charge in [0.2, 0.25) is 0 Å². The highest BCUT2D eigenvalue weighted by Gasteiger charge is 2.50. The quantitative estimate of drug-likeness (QED) is 0.252. The minimum Gasteiger partial charge on any atom is -0.464 e. The Morgan fingerprint density at radius 1 is 1.07 bits per heavy atom. The van der Waals surface area contributed by atoms with Crippen LogP contribution in [0.2, 0.25) is 0 Å². The molecule has 3 aliphatic rings. The number of cyclic esters (lactones) is 2. The number of rotatable bonds is 5. The number of aromatic nitrogens is 1. The number of nitrogens with zero attached hydrogens (tertiary/aromatic N) is 2. The highest BCUT2D eigenvalue weighted by molar-refractivity contribution is 6.39. The Labute approximate surface area is 271 Å². The molecule has 10 nitrogen and oxygen atoms in total. The van der Waals surface area contributed by atoms with Crippen molar-refractivity contribution >= 4 is 29.4 Å². The van der Waals surface area contributed by atoms with Crippen molar-refractivity contribution in [1.29, 1.82) is 0 Å². The van der Waals surface area contributed by atoms with E-state index in [9.17, 15) is 24.0 Å². The van der Waals surface area contributed by atoms with E-state index in [1.807, 2.05) is 32.1 Å². The van der Waals surface area contributed by atoms with Crippen LogP contribution in [0.3, 0.4) is 0 Å². The van der Waals surface area contributed by atoms with Crippen LogP contribution >= 0.6 is 0 Å². The number of hydrogen-bond acceptors (Lipinski definition) is 9. The molecule has 3 aliphatic heterocycles. The summed E-state index contributed by atoms with van der Waals surface area (Å²) in [7, 11) is 0. The summed E-state index contributed by atoms with van der Waals surface area (Å²) in [5, 5.41) is 0. The standard InChI is InChI=1S/C36H48N2O8/c1-5-9-27-22-24(2)17-21-44-35(43)31-16-18-36(4,46-31)32(40)33(41)38-20-7-6-11-28(38)34(42)45-30(25(3)12-14-29(27)39)15-13-26-10-8-19-37-23-26/h5,8,10,19,22-25,28,30-31H,1,6-7,9,11-18,20-21H2,2-4H3/t24?,25?,28-,30?,31?,36+/m0/s1. The summed E-state index contributed by atoms with van der Waals surface area (Å²) in [5.41, 5.74) is 0.155. The lowest BCUT2D eigenvalue weighted by atomic mass is 9.90. The summed E-state index contributed by atoms with van der Waals surface area (Å²) in [6.45, 7) is 9.64. The van der Waals surface area contributed by atoms with Crippen LogP contribution in [-0.2, 0) is 44.6 Å². The molecule has 46 heavy (non-hydrogen) atoms. The van der Waals surface area contributed by atoms with Crippen LogP contribution in [0.4, 0.5) is 0 Å². The Balaban J connectivity index is 1.61. The first-order valence-electron chi connectivity index (χ1n) is 16.7. The van der Waals surface area contributed by atoms with Gasteiger partial charge in [0.05, 0.1) is 6.61 Å². The van der Waals surface area contributed by atoms with Gasteiger partial charge in [-0.25, -0.2) is 9.59 Å². The van der Waals surface area contributed by atoms with Crippen molar-refractivity contribution in [2.75, 3.05) is 13.2 Å². The molecule has 0 aliphatic carbocycles. The molecular weight excluding hydrogens is 588 g/mol. The summed E-state index contributed by atoms with van der Waals surface area (Å²) >= 11 is 0. The largest absolute Gasteiger partial charge is 0.464 e. The number of amides is 1.